The van der Waals surface area contributed by atoms with Gasteiger partial charge >= 0.3 is 5.97 Å². The first-order valence-electron chi connectivity index (χ1n) is 9.63. The molecule has 2 aliphatic rings. The van der Waals surface area contributed by atoms with Gasteiger partial charge in [-0.1, -0.05) is 30.3 Å². The Balaban J connectivity index is 1.79. The van der Waals surface area contributed by atoms with Gasteiger partial charge in [0.05, 0.1) is 32.2 Å². The van der Waals surface area contributed by atoms with Crippen molar-refractivity contribution in [3.8, 4) is 17.2 Å². The Morgan fingerprint density at radius 1 is 1.17 bits per heavy atom. The van der Waals surface area contributed by atoms with E-state index in [-0.39, 0.29) is 5.92 Å². The van der Waals surface area contributed by atoms with Crippen LogP contribution in [0.15, 0.2) is 42.5 Å². The lowest BCUT2D eigenvalue weighted by atomic mass is 9.87. The summed E-state index contributed by atoms with van der Waals surface area (Å²) in [6.45, 7) is 0.760. The number of hydrogen-bond donors (Lipinski definition) is 2. The number of rotatable bonds is 6. The number of aliphatic hydroxyl groups excluding tert-OH is 1. The second-order valence-corrected chi connectivity index (χ2v) is 7.26. The summed E-state index contributed by atoms with van der Waals surface area (Å²) >= 11 is 0. The molecule has 5 atom stereocenters. The molecule has 0 aromatic heterocycles. The molecule has 2 aromatic carbocycles. The van der Waals surface area contributed by atoms with Crippen molar-refractivity contribution >= 4 is 5.97 Å². The molecule has 1 aliphatic carbocycles. The zero-order valence-corrected chi connectivity index (χ0v) is 16.4. The van der Waals surface area contributed by atoms with Crippen molar-refractivity contribution in [1.29, 1.82) is 0 Å². The summed E-state index contributed by atoms with van der Waals surface area (Å²) in [6.07, 6.45) is -1.39. The van der Waals surface area contributed by atoms with E-state index in [4.69, 9.17) is 24.7 Å². The molecule has 1 heterocycles. The Hall–Kier alpha value is -2.77. The van der Waals surface area contributed by atoms with Gasteiger partial charge in [-0.05, 0) is 5.56 Å². The van der Waals surface area contributed by atoms with Crippen LogP contribution in [0.2, 0.25) is 0 Å². The third-order valence-electron chi connectivity index (χ3n) is 5.77. The first-order valence-corrected chi connectivity index (χ1v) is 9.63. The van der Waals surface area contributed by atoms with Crippen molar-refractivity contribution in [2.24, 2.45) is 11.7 Å². The van der Waals surface area contributed by atoms with E-state index in [9.17, 15) is 9.90 Å². The van der Waals surface area contributed by atoms with Crippen molar-refractivity contribution < 1.29 is 28.8 Å². The molecule has 0 bridgehead atoms. The fraction of sp³-hybridized carbons (Fsp3) is 0.409. The van der Waals surface area contributed by atoms with E-state index < -0.39 is 30.0 Å². The van der Waals surface area contributed by atoms with Crippen molar-refractivity contribution in [2.45, 2.75) is 24.0 Å². The summed E-state index contributed by atoms with van der Waals surface area (Å²) in [7, 11) is 2.89. The molecule has 1 fully saturated rings. The maximum atomic E-state index is 12.6. The van der Waals surface area contributed by atoms with Gasteiger partial charge in [0.15, 0.2) is 0 Å². The van der Waals surface area contributed by atoms with Gasteiger partial charge in [0.1, 0.15) is 30.0 Å². The SMILES string of the molecule is COC(=O)C1C(O)C2c3c(OC)cc(OCCN)cc3OC2[C@@H]1c1ccccc1. The van der Waals surface area contributed by atoms with E-state index in [1.165, 1.54) is 7.11 Å². The molecule has 7 heteroatoms. The van der Waals surface area contributed by atoms with E-state index in [0.29, 0.717) is 30.4 Å². The van der Waals surface area contributed by atoms with Gasteiger partial charge in [-0.25, -0.2) is 0 Å². The maximum Gasteiger partial charge on any atom is 0.312 e. The Morgan fingerprint density at radius 3 is 2.59 bits per heavy atom. The number of aliphatic hydroxyl groups is 1. The van der Waals surface area contributed by atoms with Gasteiger partial charge in [0.2, 0.25) is 0 Å². The molecular formula is C22H25NO6. The number of hydrogen-bond acceptors (Lipinski definition) is 7. The summed E-state index contributed by atoms with van der Waals surface area (Å²) in [6, 6.07) is 13.2. The number of fused-ring (bicyclic) bond motifs is 3. The van der Waals surface area contributed by atoms with Crippen molar-refractivity contribution in [3.63, 3.8) is 0 Å². The Bertz CT molecular complexity index is 886. The number of benzene rings is 2. The molecule has 1 aliphatic heterocycles. The third kappa shape index (κ3) is 3.20. The van der Waals surface area contributed by atoms with E-state index in [1.807, 2.05) is 30.3 Å². The lowest BCUT2D eigenvalue weighted by molar-refractivity contribution is -0.149. The smallest absolute Gasteiger partial charge is 0.312 e. The van der Waals surface area contributed by atoms with E-state index in [1.54, 1.807) is 19.2 Å². The summed E-state index contributed by atoms with van der Waals surface area (Å²) in [5.74, 6) is -0.225. The molecule has 0 amide bonds. The number of methoxy groups -OCH3 is 2. The molecule has 4 unspecified atom stereocenters. The summed E-state index contributed by atoms with van der Waals surface area (Å²) < 4.78 is 22.5. The van der Waals surface area contributed by atoms with Gasteiger partial charge in [0, 0.05) is 30.2 Å². The number of esters is 1. The average Bonchev–Trinajstić information content (AvgIpc) is 3.26. The Labute approximate surface area is 169 Å². The topological polar surface area (TPSA) is 100 Å². The fourth-order valence-electron chi connectivity index (χ4n) is 4.61. The molecule has 0 radical (unpaired) electrons. The van der Waals surface area contributed by atoms with Gasteiger partial charge in [-0.3, -0.25) is 4.79 Å². The molecule has 2 aromatic rings. The lowest BCUT2D eigenvalue weighted by Crippen LogP contribution is -2.31. The maximum absolute atomic E-state index is 12.6. The fourth-order valence-corrected chi connectivity index (χ4v) is 4.61. The third-order valence-corrected chi connectivity index (χ3v) is 5.77. The Kier molecular flexibility index (Phi) is 5.34. The standard InChI is InChI=1S/C22H25NO6/c1-26-14-10-13(28-9-8-23)11-15-17(14)18-20(24)19(22(25)27-2)16(21(18)29-15)12-6-4-3-5-7-12/h3-7,10-11,16,18-21,24H,8-9,23H2,1-2H3/t16-,18?,19?,20?,21?/m1/s1. The molecule has 4 rings (SSSR count). The van der Waals surface area contributed by atoms with Crippen LogP contribution < -0.4 is 19.9 Å². The van der Waals surface area contributed by atoms with Crippen LogP contribution in [0.4, 0.5) is 0 Å². The van der Waals surface area contributed by atoms with E-state index >= 15 is 0 Å². The predicted octanol–water partition coefficient (Wildman–Crippen LogP) is 1.82. The molecule has 0 spiro atoms. The number of carbonyl (C=O) groups excluding carboxylic acids is 1. The van der Waals surface area contributed by atoms with Crippen LogP contribution >= 0.6 is 0 Å². The van der Waals surface area contributed by atoms with E-state index in [2.05, 4.69) is 0 Å². The van der Waals surface area contributed by atoms with Gasteiger partial charge in [-0.2, -0.15) is 0 Å². The number of nitrogens with two attached hydrogens (primary N) is 1. The van der Waals surface area contributed by atoms with Gasteiger partial charge in [0.25, 0.3) is 0 Å². The normalized spacial score (nSPS) is 27.0. The van der Waals surface area contributed by atoms with Crippen molar-refractivity contribution in [1.82, 2.24) is 0 Å². The molecule has 3 N–H and O–H groups in total. The highest BCUT2D eigenvalue weighted by Gasteiger charge is 2.60. The quantitative estimate of drug-likeness (QED) is 0.715. The van der Waals surface area contributed by atoms with Crippen LogP contribution in [0.25, 0.3) is 0 Å². The van der Waals surface area contributed by atoms with Crippen molar-refractivity contribution in [2.75, 3.05) is 27.4 Å². The van der Waals surface area contributed by atoms with Crippen LogP contribution in [0, 0.1) is 5.92 Å². The minimum absolute atomic E-state index is 0.353. The minimum Gasteiger partial charge on any atom is -0.496 e. The van der Waals surface area contributed by atoms with Crippen LogP contribution in [0.3, 0.4) is 0 Å². The number of carbonyl (C=O) groups is 1. The summed E-state index contributed by atoms with van der Waals surface area (Å²) in [5, 5.41) is 11.2. The highest BCUT2D eigenvalue weighted by Crippen LogP contribution is 2.58. The monoisotopic (exact) mass is 399 g/mol. The summed E-state index contributed by atoms with van der Waals surface area (Å²) in [5.41, 5.74) is 7.19. The molecule has 0 saturated heterocycles. The zero-order chi connectivity index (χ0) is 20.5. The zero-order valence-electron chi connectivity index (χ0n) is 16.4. The van der Waals surface area contributed by atoms with Gasteiger partial charge < -0.3 is 29.8 Å². The molecule has 29 heavy (non-hydrogen) atoms. The molecule has 1 saturated carbocycles. The lowest BCUT2D eigenvalue weighted by Gasteiger charge is -2.24. The Morgan fingerprint density at radius 2 is 1.93 bits per heavy atom. The van der Waals surface area contributed by atoms with Crippen LogP contribution in [0.1, 0.15) is 23.0 Å². The molecule has 154 valence electrons. The molecule has 7 nitrogen and oxygen atoms in total. The van der Waals surface area contributed by atoms with Crippen LogP contribution in [-0.4, -0.2) is 50.7 Å². The van der Waals surface area contributed by atoms with Crippen LogP contribution in [-0.2, 0) is 9.53 Å². The summed E-state index contributed by atoms with van der Waals surface area (Å²) in [4.78, 5) is 12.6. The second-order valence-electron chi connectivity index (χ2n) is 7.26. The average molecular weight is 399 g/mol. The number of ether oxygens (including phenoxy) is 4. The van der Waals surface area contributed by atoms with Gasteiger partial charge in [-0.15, -0.1) is 0 Å². The van der Waals surface area contributed by atoms with Crippen molar-refractivity contribution in [3.05, 3.63) is 53.6 Å². The highest BCUT2D eigenvalue weighted by atomic mass is 16.5. The predicted molar refractivity (Wildman–Crippen MR) is 105 cm³/mol. The molecular weight excluding hydrogens is 374 g/mol. The van der Waals surface area contributed by atoms with E-state index in [0.717, 1.165) is 11.1 Å². The minimum atomic E-state index is -0.969. The first-order chi connectivity index (χ1) is 14.1. The first kappa shape index (κ1) is 19.5. The largest absolute Gasteiger partial charge is 0.496 e. The highest BCUT2D eigenvalue weighted by molar-refractivity contribution is 5.76. The second kappa shape index (κ2) is 7.93. The van der Waals surface area contributed by atoms with Crippen LogP contribution in [0.5, 0.6) is 17.2 Å².